The normalized spacial score (nSPS) is 18.9. The Balaban J connectivity index is 2.16. The van der Waals surface area contributed by atoms with Gasteiger partial charge in [0.15, 0.2) is 5.82 Å². The molecule has 2 N–H and O–H groups in total. The Labute approximate surface area is 110 Å². The maximum Gasteiger partial charge on any atom is 0.339 e. The van der Waals surface area contributed by atoms with Gasteiger partial charge in [0, 0.05) is 11.8 Å². The van der Waals surface area contributed by atoms with Gasteiger partial charge in [-0.05, 0) is 38.0 Å². The van der Waals surface area contributed by atoms with E-state index in [4.69, 9.17) is 0 Å². The fraction of sp³-hybridized carbons (Fsp3) is 0.583. The molecule has 1 fully saturated rings. The van der Waals surface area contributed by atoms with Gasteiger partial charge in [-0.3, -0.25) is 0 Å². The van der Waals surface area contributed by atoms with Crippen molar-refractivity contribution in [1.29, 1.82) is 0 Å². The molecular formula is C12H17N3O2S. The maximum atomic E-state index is 11.3. The summed E-state index contributed by atoms with van der Waals surface area (Å²) >= 11 is 1.93. The molecule has 98 valence electrons. The molecule has 18 heavy (non-hydrogen) atoms. The zero-order chi connectivity index (χ0) is 13.1. The summed E-state index contributed by atoms with van der Waals surface area (Å²) < 4.78 is 0. The number of nitrogens with zero attached hydrogens (tertiary/aromatic N) is 2. The number of thioether (sulfide) groups is 1. The van der Waals surface area contributed by atoms with E-state index in [1.54, 1.807) is 13.8 Å². The van der Waals surface area contributed by atoms with Gasteiger partial charge in [-0.15, -0.1) is 5.10 Å². The van der Waals surface area contributed by atoms with Gasteiger partial charge >= 0.3 is 5.97 Å². The third-order valence-electron chi connectivity index (χ3n) is 3.19. The largest absolute Gasteiger partial charge is 0.478 e. The third-order valence-corrected chi connectivity index (χ3v) is 4.59. The quantitative estimate of drug-likeness (QED) is 0.870. The molecular weight excluding hydrogens is 250 g/mol. The predicted molar refractivity (Wildman–Crippen MR) is 72.4 cm³/mol. The van der Waals surface area contributed by atoms with E-state index in [-0.39, 0.29) is 5.56 Å². The van der Waals surface area contributed by atoms with Crippen LogP contribution in [-0.4, -0.2) is 38.8 Å². The van der Waals surface area contributed by atoms with Gasteiger partial charge in [0.2, 0.25) is 0 Å². The average molecular weight is 267 g/mol. The van der Waals surface area contributed by atoms with Crippen molar-refractivity contribution in [3.05, 3.63) is 16.8 Å². The van der Waals surface area contributed by atoms with E-state index < -0.39 is 5.97 Å². The summed E-state index contributed by atoms with van der Waals surface area (Å²) in [6.07, 6.45) is 2.42. The van der Waals surface area contributed by atoms with Crippen molar-refractivity contribution < 1.29 is 9.90 Å². The predicted octanol–water partition coefficient (Wildman–Crippen LogP) is 2.10. The van der Waals surface area contributed by atoms with Crippen molar-refractivity contribution in [1.82, 2.24) is 10.2 Å². The average Bonchev–Trinajstić information content (AvgIpc) is 2.83. The number of hydrogen-bond donors (Lipinski definition) is 2. The van der Waals surface area contributed by atoms with E-state index in [9.17, 15) is 9.90 Å². The summed E-state index contributed by atoms with van der Waals surface area (Å²) in [6, 6.07) is 0. The number of carboxylic acids is 1. The van der Waals surface area contributed by atoms with Gasteiger partial charge in [0.25, 0.3) is 0 Å². The van der Waals surface area contributed by atoms with Gasteiger partial charge < -0.3 is 10.4 Å². The molecule has 1 saturated heterocycles. The molecule has 0 bridgehead atoms. The highest BCUT2D eigenvalue weighted by Crippen LogP contribution is 2.27. The molecule has 6 heteroatoms. The Hall–Kier alpha value is -1.30. The number of carboxylic acid groups (broad SMARTS) is 1. The Bertz CT molecular complexity index is 459. The summed E-state index contributed by atoms with van der Waals surface area (Å²) in [7, 11) is 0. The minimum atomic E-state index is -0.952. The molecule has 0 saturated carbocycles. The van der Waals surface area contributed by atoms with Gasteiger partial charge in [-0.1, -0.05) is 0 Å². The van der Waals surface area contributed by atoms with Crippen molar-refractivity contribution in [2.45, 2.75) is 31.9 Å². The van der Waals surface area contributed by atoms with Crippen LogP contribution < -0.4 is 5.32 Å². The minimum absolute atomic E-state index is 0.241. The number of aromatic carboxylic acids is 1. The smallest absolute Gasteiger partial charge is 0.339 e. The first-order valence-corrected chi connectivity index (χ1v) is 7.07. The molecule has 0 amide bonds. The number of nitrogens with one attached hydrogen (secondary N) is 1. The van der Waals surface area contributed by atoms with Gasteiger partial charge in [-0.2, -0.15) is 16.9 Å². The first-order valence-electron chi connectivity index (χ1n) is 6.02. The van der Waals surface area contributed by atoms with Crippen molar-refractivity contribution in [3.8, 4) is 0 Å². The fourth-order valence-corrected chi connectivity index (χ4v) is 3.21. The summed E-state index contributed by atoms with van der Waals surface area (Å²) in [5.74, 6) is 0.627. The fourth-order valence-electron chi connectivity index (χ4n) is 2.01. The highest BCUT2D eigenvalue weighted by molar-refractivity contribution is 8.00. The van der Waals surface area contributed by atoms with E-state index in [0.29, 0.717) is 22.3 Å². The summed E-state index contributed by atoms with van der Waals surface area (Å²) in [5, 5.41) is 20.9. The number of hydrogen-bond acceptors (Lipinski definition) is 5. The molecule has 0 spiro atoms. The highest BCUT2D eigenvalue weighted by Gasteiger charge is 2.20. The van der Waals surface area contributed by atoms with Gasteiger partial charge in [-0.25, -0.2) is 4.79 Å². The van der Waals surface area contributed by atoms with Crippen LogP contribution >= 0.6 is 11.8 Å². The van der Waals surface area contributed by atoms with Crippen LogP contribution in [-0.2, 0) is 0 Å². The molecule has 0 aromatic carbocycles. The minimum Gasteiger partial charge on any atom is -0.478 e. The standard InChI is InChI=1S/C12H17N3O2S/c1-7-8(2)14-15-11(10(7)12(16)17)13-6-9-4-3-5-18-9/h9H,3-6H2,1-2H3,(H,13,15)(H,16,17). The highest BCUT2D eigenvalue weighted by atomic mass is 32.2. The van der Waals surface area contributed by atoms with Crippen molar-refractivity contribution in [3.63, 3.8) is 0 Å². The molecule has 0 radical (unpaired) electrons. The van der Waals surface area contributed by atoms with Crippen LogP contribution in [0.1, 0.15) is 34.5 Å². The summed E-state index contributed by atoms with van der Waals surface area (Å²) in [5.41, 5.74) is 1.58. The topological polar surface area (TPSA) is 75.1 Å². The number of aryl methyl sites for hydroxylation is 1. The number of rotatable bonds is 4. The maximum absolute atomic E-state index is 11.3. The lowest BCUT2D eigenvalue weighted by atomic mass is 10.1. The monoisotopic (exact) mass is 267 g/mol. The van der Waals surface area contributed by atoms with Crippen LogP contribution in [0.2, 0.25) is 0 Å². The Morgan fingerprint density at radius 1 is 1.50 bits per heavy atom. The molecule has 2 heterocycles. The lowest BCUT2D eigenvalue weighted by Gasteiger charge is -2.13. The van der Waals surface area contributed by atoms with Crippen molar-refractivity contribution in [2.75, 3.05) is 17.6 Å². The molecule has 5 nitrogen and oxygen atoms in total. The summed E-state index contributed by atoms with van der Waals surface area (Å²) in [6.45, 7) is 4.29. The van der Waals surface area contributed by atoms with E-state index in [0.717, 1.165) is 6.54 Å². The van der Waals surface area contributed by atoms with Gasteiger partial charge in [0.1, 0.15) is 5.56 Å². The number of aromatic nitrogens is 2. The lowest BCUT2D eigenvalue weighted by molar-refractivity contribution is 0.0696. The second-order valence-corrected chi connectivity index (χ2v) is 5.86. The zero-order valence-corrected chi connectivity index (χ0v) is 11.4. The number of carbonyl (C=O) groups is 1. The van der Waals surface area contributed by atoms with Crippen LogP contribution in [0.5, 0.6) is 0 Å². The Morgan fingerprint density at radius 2 is 2.28 bits per heavy atom. The Kier molecular flexibility index (Phi) is 4.06. The van der Waals surface area contributed by atoms with E-state index in [2.05, 4.69) is 15.5 Å². The second-order valence-electron chi connectivity index (χ2n) is 4.46. The molecule has 1 aromatic rings. The molecule has 1 unspecified atom stereocenters. The molecule has 1 atom stereocenters. The Morgan fingerprint density at radius 3 is 2.89 bits per heavy atom. The van der Waals surface area contributed by atoms with Crippen LogP contribution in [0.25, 0.3) is 0 Å². The first kappa shape index (κ1) is 13.1. The second kappa shape index (κ2) is 5.56. The van der Waals surface area contributed by atoms with Crippen molar-refractivity contribution in [2.24, 2.45) is 0 Å². The van der Waals surface area contributed by atoms with Crippen LogP contribution in [0.15, 0.2) is 0 Å². The van der Waals surface area contributed by atoms with E-state index in [1.165, 1.54) is 18.6 Å². The number of anilines is 1. The molecule has 2 rings (SSSR count). The van der Waals surface area contributed by atoms with E-state index >= 15 is 0 Å². The van der Waals surface area contributed by atoms with Crippen LogP contribution in [0.3, 0.4) is 0 Å². The molecule has 0 aliphatic carbocycles. The van der Waals surface area contributed by atoms with Crippen molar-refractivity contribution >= 4 is 23.5 Å². The van der Waals surface area contributed by atoms with Gasteiger partial charge in [0.05, 0.1) is 5.69 Å². The van der Waals surface area contributed by atoms with Crippen LogP contribution in [0, 0.1) is 13.8 Å². The zero-order valence-electron chi connectivity index (χ0n) is 10.6. The molecule has 1 aromatic heterocycles. The lowest BCUT2D eigenvalue weighted by Crippen LogP contribution is -2.18. The molecule has 1 aliphatic rings. The molecule has 1 aliphatic heterocycles. The first-order chi connectivity index (χ1) is 8.59. The van der Waals surface area contributed by atoms with E-state index in [1.807, 2.05) is 11.8 Å². The summed E-state index contributed by atoms with van der Waals surface area (Å²) in [4.78, 5) is 11.3. The SMILES string of the molecule is Cc1nnc(NCC2CCCS2)c(C(=O)O)c1C. The van der Waals surface area contributed by atoms with Crippen LogP contribution in [0.4, 0.5) is 5.82 Å². The third kappa shape index (κ3) is 2.75.